The predicted octanol–water partition coefficient (Wildman–Crippen LogP) is 5.58. The highest BCUT2D eigenvalue weighted by atomic mass is 32.1. The molecule has 0 aliphatic carbocycles. The van der Waals surface area contributed by atoms with Gasteiger partial charge < -0.3 is 0 Å². The van der Waals surface area contributed by atoms with Gasteiger partial charge in [0.25, 0.3) is 11.8 Å². The molecular formula is C24H20N2O2S2. The van der Waals surface area contributed by atoms with Crippen LogP contribution in [0, 0.1) is 0 Å². The zero-order chi connectivity index (χ0) is 20.8. The van der Waals surface area contributed by atoms with Crippen molar-refractivity contribution in [2.24, 2.45) is 0 Å². The van der Waals surface area contributed by atoms with E-state index in [2.05, 4.69) is 0 Å². The van der Waals surface area contributed by atoms with Gasteiger partial charge in [-0.3, -0.25) is 9.59 Å². The van der Waals surface area contributed by atoms with Crippen molar-refractivity contribution >= 4 is 45.9 Å². The highest BCUT2D eigenvalue weighted by Gasteiger charge is 2.39. The van der Waals surface area contributed by atoms with Gasteiger partial charge in [0.1, 0.15) is 0 Å². The van der Waals surface area contributed by atoms with Crippen LogP contribution in [0.1, 0.15) is 11.1 Å². The number of hydrazine groups is 1. The van der Waals surface area contributed by atoms with Crippen LogP contribution < -0.4 is 10.0 Å². The van der Waals surface area contributed by atoms with E-state index in [9.17, 15) is 9.59 Å². The maximum atomic E-state index is 12.3. The molecule has 0 N–H and O–H groups in total. The molecule has 2 aliphatic rings. The lowest BCUT2D eigenvalue weighted by Gasteiger charge is -2.28. The Bertz CT molecular complexity index is 984. The quantitative estimate of drug-likeness (QED) is 0.394. The molecule has 0 bridgehead atoms. The van der Waals surface area contributed by atoms with Gasteiger partial charge in [-0.15, -0.1) is 0 Å². The van der Waals surface area contributed by atoms with Crippen molar-refractivity contribution in [3.8, 4) is 0 Å². The summed E-state index contributed by atoms with van der Waals surface area (Å²) in [6.07, 6.45) is 0.699. The Hall–Kier alpha value is -3.22. The molecule has 2 aromatic carbocycles. The average molecular weight is 433 g/mol. The molecule has 0 fully saturated rings. The van der Waals surface area contributed by atoms with Crippen molar-refractivity contribution in [3.05, 3.63) is 105 Å². The van der Waals surface area contributed by atoms with Gasteiger partial charge >= 0.3 is 0 Å². The molecule has 4 aromatic rings. The summed E-state index contributed by atoms with van der Waals surface area (Å²) in [5.74, 6) is -0.118. The van der Waals surface area contributed by atoms with Gasteiger partial charge in [0.05, 0.1) is 24.2 Å². The lowest BCUT2D eigenvalue weighted by Crippen LogP contribution is -2.47. The van der Waals surface area contributed by atoms with Crippen molar-refractivity contribution in [1.82, 2.24) is 0 Å². The molecule has 0 atom stereocenters. The van der Waals surface area contributed by atoms with Gasteiger partial charge in [-0.05, 0) is 44.8 Å². The molecule has 6 heteroatoms. The molecule has 0 unspecified atom stereocenters. The van der Waals surface area contributed by atoms with E-state index in [0.717, 1.165) is 22.5 Å². The summed E-state index contributed by atoms with van der Waals surface area (Å²) in [4.78, 5) is 24.6. The van der Waals surface area contributed by atoms with Crippen LogP contribution in [0.3, 0.4) is 0 Å². The fourth-order valence-electron chi connectivity index (χ4n) is 3.37. The number of hydrogen-bond donors (Lipinski definition) is 0. The number of para-hydroxylation sites is 2. The minimum absolute atomic E-state index is 0.0590. The maximum absolute atomic E-state index is 12.3. The molecule has 4 nitrogen and oxygen atoms in total. The number of fused-ring (bicyclic) bond motifs is 2. The Morgan fingerprint density at radius 1 is 0.533 bits per heavy atom. The fourth-order valence-corrected chi connectivity index (χ4v) is 4.28. The highest BCUT2D eigenvalue weighted by Crippen LogP contribution is 2.37. The second-order valence-electron chi connectivity index (χ2n) is 6.61. The Balaban J connectivity index is 0.000000178. The molecular weight excluding hydrogens is 412 g/mol. The van der Waals surface area contributed by atoms with Crippen molar-refractivity contribution < 1.29 is 9.59 Å². The third-order valence-corrected chi connectivity index (χ3v) is 5.90. The highest BCUT2D eigenvalue weighted by molar-refractivity contribution is 7.08. The smallest absolute Gasteiger partial charge is 0.250 e. The first kappa shape index (κ1) is 20.1. The zero-order valence-electron chi connectivity index (χ0n) is 16.2. The summed E-state index contributed by atoms with van der Waals surface area (Å²) in [7, 11) is 0. The normalized spacial score (nSPS) is 13.7. The molecule has 30 heavy (non-hydrogen) atoms. The summed E-state index contributed by atoms with van der Waals surface area (Å²) in [5, 5.41) is 11.2. The first-order valence-corrected chi connectivity index (χ1v) is 11.4. The molecule has 0 saturated carbocycles. The molecule has 0 saturated heterocycles. The number of amides is 2. The summed E-state index contributed by atoms with van der Waals surface area (Å²) >= 11 is 3.43. The molecule has 2 amide bonds. The van der Waals surface area contributed by atoms with Gasteiger partial charge in [0.2, 0.25) is 0 Å². The average Bonchev–Trinajstić information content (AvgIpc) is 3.56. The van der Waals surface area contributed by atoms with Crippen molar-refractivity contribution in [1.29, 1.82) is 0 Å². The summed E-state index contributed by atoms with van der Waals surface area (Å²) in [6.45, 7) is 0. The first-order valence-electron chi connectivity index (χ1n) is 9.51. The van der Waals surface area contributed by atoms with Crippen LogP contribution in [0.5, 0.6) is 0 Å². The minimum atomic E-state index is -0.0590. The van der Waals surface area contributed by atoms with E-state index in [1.54, 1.807) is 22.7 Å². The topological polar surface area (TPSA) is 40.6 Å². The van der Waals surface area contributed by atoms with Crippen LogP contribution >= 0.6 is 22.7 Å². The minimum Gasteiger partial charge on any atom is -0.272 e. The Morgan fingerprint density at radius 3 is 1.23 bits per heavy atom. The fraction of sp³-hybridized carbons (Fsp3) is 0.0833. The van der Waals surface area contributed by atoms with E-state index in [1.165, 1.54) is 10.0 Å². The number of nitrogens with zero attached hydrogens (tertiary/aromatic N) is 2. The van der Waals surface area contributed by atoms with Crippen LogP contribution in [0.15, 0.2) is 94.3 Å². The van der Waals surface area contributed by atoms with Crippen LogP contribution in [0.2, 0.25) is 0 Å². The van der Waals surface area contributed by atoms with Crippen LogP contribution in [-0.4, -0.2) is 11.8 Å². The van der Waals surface area contributed by atoms with E-state index in [-0.39, 0.29) is 11.8 Å². The van der Waals surface area contributed by atoms with Gasteiger partial charge in [-0.1, -0.05) is 60.7 Å². The number of carbonyl (C=O) groups is 2. The van der Waals surface area contributed by atoms with Gasteiger partial charge in [0, 0.05) is 0 Å². The number of thiophene rings is 2. The van der Waals surface area contributed by atoms with Gasteiger partial charge in [-0.25, -0.2) is 10.0 Å². The third-order valence-electron chi connectivity index (χ3n) is 4.65. The summed E-state index contributed by atoms with van der Waals surface area (Å²) in [5.41, 5.74) is 3.55. The molecule has 2 aliphatic heterocycles. The molecule has 6 rings (SSSR count). The summed E-state index contributed by atoms with van der Waals surface area (Å²) < 4.78 is 0. The largest absolute Gasteiger partial charge is 0.272 e. The lowest BCUT2D eigenvalue weighted by molar-refractivity contribution is -0.122. The Kier molecular flexibility index (Phi) is 6.37. The van der Waals surface area contributed by atoms with E-state index < -0.39 is 0 Å². The molecule has 0 spiro atoms. The van der Waals surface area contributed by atoms with Gasteiger partial charge in [0.15, 0.2) is 0 Å². The molecule has 0 radical (unpaired) electrons. The monoisotopic (exact) mass is 432 g/mol. The second-order valence-corrected chi connectivity index (χ2v) is 8.24. The van der Waals surface area contributed by atoms with Crippen molar-refractivity contribution in [2.45, 2.75) is 12.8 Å². The summed E-state index contributed by atoms with van der Waals surface area (Å²) in [6, 6.07) is 23.3. The number of rotatable bonds is 1. The van der Waals surface area contributed by atoms with Crippen molar-refractivity contribution in [2.75, 3.05) is 10.0 Å². The number of anilines is 2. The molecule has 4 heterocycles. The van der Waals surface area contributed by atoms with E-state index in [1.807, 2.05) is 94.3 Å². The standard InChI is InChI=1S/C16H12N2O2.2C4H4S/c19-15-9-11-5-1-3-7-13(11)17(15)18-14-8-4-2-6-12(14)10-16(18)20;2*1-2-4-5-3-1/h1-8H,9-10H2;2*1-4H. The van der Waals surface area contributed by atoms with Crippen LogP contribution in [0.25, 0.3) is 0 Å². The Labute approximate surface area is 183 Å². The van der Waals surface area contributed by atoms with Crippen LogP contribution in [0.4, 0.5) is 11.4 Å². The van der Waals surface area contributed by atoms with Crippen molar-refractivity contribution in [3.63, 3.8) is 0 Å². The SMILES string of the molecule is O=C1Cc2ccccc2N1N1C(=O)Cc2ccccc21.c1ccsc1.c1ccsc1. The lowest BCUT2D eigenvalue weighted by atomic mass is 10.2. The Morgan fingerprint density at radius 2 is 0.900 bits per heavy atom. The van der Waals surface area contributed by atoms with Gasteiger partial charge in [-0.2, -0.15) is 22.7 Å². The number of hydrogen-bond acceptors (Lipinski definition) is 4. The zero-order valence-corrected chi connectivity index (χ0v) is 17.8. The predicted molar refractivity (Wildman–Crippen MR) is 124 cm³/mol. The third kappa shape index (κ3) is 4.35. The number of carbonyl (C=O) groups excluding carboxylic acids is 2. The van der Waals surface area contributed by atoms with E-state index in [0.29, 0.717) is 12.8 Å². The molecule has 2 aromatic heterocycles. The number of benzene rings is 2. The first-order chi connectivity index (χ1) is 14.8. The van der Waals surface area contributed by atoms with Crippen LogP contribution in [-0.2, 0) is 22.4 Å². The van der Waals surface area contributed by atoms with E-state index >= 15 is 0 Å². The second kappa shape index (κ2) is 9.52. The van der Waals surface area contributed by atoms with E-state index in [4.69, 9.17) is 0 Å². The molecule has 150 valence electrons. The maximum Gasteiger partial charge on any atom is 0.250 e.